The van der Waals surface area contributed by atoms with E-state index in [1.165, 1.54) is 0 Å². The number of hydrogen-bond donors (Lipinski definition) is 2. The maximum atomic E-state index is 12.2. The smallest absolute Gasteiger partial charge is 0.251 e. The van der Waals surface area contributed by atoms with Gasteiger partial charge in [0, 0.05) is 30.4 Å². The molecule has 106 valence electrons. The molecule has 2 N–H and O–H groups in total. The third-order valence-electron chi connectivity index (χ3n) is 3.21. The Morgan fingerprint density at radius 1 is 1.40 bits per heavy atom. The molecule has 0 radical (unpaired) electrons. The largest absolute Gasteiger partial charge is 0.384 e. The van der Waals surface area contributed by atoms with Crippen LogP contribution in [0.25, 0.3) is 0 Å². The number of carbonyl (C=O) groups is 1. The van der Waals surface area contributed by atoms with Crippen molar-refractivity contribution < 1.29 is 14.6 Å². The molecule has 4 nitrogen and oxygen atoms in total. The fraction of sp³-hybridized carbons (Fsp3) is 0.438. The number of rotatable bonds is 2. The van der Waals surface area contributed by atoms with Crippen molar-refractivity contribution in [2.75, 3.05) is 19.8 Å². The zero-order valence-electron chi connectivity index (χ0n) is 11.6. The van der Waals surface area contributed by atoms with E-state index in [4.69, 9.17) is 9.84 Å². The topological polar surface area (TPSA) is 58.6 Å². The molecule has 0 spiro atoms. The van der Waals surface area contributed by atoms with Gasteiger partial charge < -0.3 is 15.2 Å². The van der Waals surface area contributed by atoms with Gasteiger partial charge in [0.25, 0.3) is 5.91 Å². The number of amides is 1. The van der Waals surface area contributed by atoms with Crippen molar-refractivity contribution in [2.45, 2.75) is 25.8 Å². The zero-order chi connectivity index (χ0) is 14.4. The normalized spacial score (nSPS) is 15.3. The zero-order valence-corrected chi connectivity index (χ0v) is 11.6. The van der Waals surface area contributed by atoms with Crippen LogP contribution in [0.1, 0.15) is 34.3 Å². The van der Waals surface area contributed by atoms with Gasteiger partial charge in [-0.15, -0.1) is 0 Å². The summed E-state index contributed by atoms with van der Waals surface area (Å²) in [6.07, 6.45) is 1.71. The van der Waals surface area contributed by atoms with E-state index in [1.807, 2.05) is 19.1 Å². The number of ether oxygens (including phenoxy) is 1. The Morgan fingerprint density at radius 3 is 2.85 bits per heavy atom. The van der Waals surface area contributed by atoms with Gasteiger partial charge in [-0.3, -0.25) is 4.79 Å². The van der Waals surface area contributed by atoms with Crippen LogP contribution in [0.15, 0.2) is 18.2 Å². The second-order valence-corrected chi connectivity index (χ2v) is 4.91. The highest BCUT2D eigenvalue weighted by molar-refractivity contribution is 5.95. The summed E-state index contributed by atoms with van der Waals surface area (Å²) in [4.78, 5) is 12.2. The van der Waals surface area contributed by atoms with Gasteiger partial charge in [-0.05, 0) is 43.5 Å². The van der Waals surface area contributed by atoms with E-state index in [9.17, 15) is 4.79 Å². The first-order chi connectivity index (χ1) is 9.69. The average Bonchev–Trinajstić information content (AvgIpc) is 2.45. The number of carbonyl (C=O) groups excluding carboxylic acids is 1. The van der Waals surface area contributed by atoms with Gasteiger partial charge in [-0.1, -0.05) is 11.8 Å². The average molecular weight is 273 g/mol. The molecule has 1 aromatic rings. The fourth-order valence-electron chi connectivity index (χ4n) is 2.24. The van der Waals surface area contributed by atoms with Gasteiger partial charge >= 0.3 is 0 Å². The van der Waals surface area contributed by atoms with Crippen LogP contribution in [0.5, 0.6) is 0 Å². The van der Waals surface area contributed by atoms with Crippen molar-refractivity contribution >= 4 is 5.91 Å². The summed E-state index contributed by atoms with van der Waals surface area (Å²) in [5, 5.41) is 11.8. The van der Waals surface area contributed by atoms with Crippen molar-refractivity contribution in [3.63, 3.8) is 0 Å². The molecule has 4 heteroatoms. The molecule has 0 saturated carbocycles. The van der Waals surface area contributed by atoms with Crippen LogP contribution in [-0.2, 0) is 4.74 Å². The van der Waals surface area contributed by atoms with Crippen LogP contribution in [0.2, 0.25) is 0 Å². The van der Waals surface area contributed by atoms with E-state index in [1.54, 1.807) is 6.07 Å². The molecule has 0 atom stereocenters. The summed E-state index contributed by atoms with van der Waals surface area (Å²) >= 11 is 0. The molecule has 0 bridgehead atoms. The Hall–Kier alpha value is -1.83. The fourth-order valence-corrected chi connectivity index (χ4v) is 2.24. The lowest BCUT2D eigenvalue weighted by Crippen LogP contribution is -2.38. The maximum absolute atomic E-state index is 12.2. The molecule has 1 heterocycles. The summed E-state index contributed by atoms with van der Waals surface area (Å²) in [6, 6.07) is 5.68. The molecule has 1 saturated heterocycles. The van der Waals surface area contributed by atoms with Gasteiger partial charge in [0.05, 0.1) is 0 Å². The SMILES string of the molecule is Cc1cc(C#CCO)cc(C(=O)NC2CCOCC2)c1. The van der Waals surface area contributed by atoms with Gasteiger partial charge in [0.1, 0.15) is 6.61 Å². The van der Waals surface area contributed by atoms with Crippen molar-refractivity contribution in [1.29, 1.82) is 0 Å². The van der Waals surface area contributed by atoms with Crippen LogP contribution >= 0.6 is 0 Å². The van der Waals surface area contributed by atoms with Crippen LogP contribution in [0.4, 0.5) is 0 Å². The Labute approximate surface area is 119 Å². The summed E-state index contributed by atoms with van der Waals surface area (Å²) in [7, 11) is 0. The monoisotopic (exact) mass is 273 g/mol. The standard InChI is InChI=1S/C16H19NO3/c1-12-9-13(3-2-6-18)11-14(10-12)16(19)17-15-4-7-20-8-5-15/h9-11,15,18H,4-8H2,1H3,(H,17,19). The van der Waals surface area contributed by atoms with Gasteiger partial charge in [0.2, 0.25) is 0 Å². The first kappa shape index (κ1) is 14.6. The summed E-state index contributed by atoms with van der Waals surface area (Å²) in [6.45, 7) is 3.14. The minimum Gasteiger partial charge on any atom is -0.384 e. The highest BCUT2D eigenvalue weighted by atomic mass is 16.5. The predicted molar refractivity (Wildman–Crippen MR) is 76.5 cm³/mol. The summed E-state index contributed by atoms with van der Waals surface area (Å²) in [5.74, 6) is 5.35. The minimum absolute atomic E-state index is 0.0763. The number of aryl methyl sites for hydroxylation is 1. The molecule has 0 aromatic heterocycles. The molecular weight excluding hydrogens is 254 g/mol. The highest BCUT2D eigenvalue weighted by Crippen LogP contribution is 2.11. The molecular formula is C16H19NO3. The van der Waals surface area contributed by atoms with Crippen LogP contribution < -0.4 is 5.32 Å². The van der Waals surface area contributed by atoms with Crippen LogP contribution in [0, 0.1) is 18.8 Å². The number of hydrogen-bond acceptors (Lipinski definition) is 3. The van der Waals surface area contributed by atoms with Gasteiger partial charge in [-0.2, -0.15) is 0 Å². The Balaban J connectivity index is 2.10. The second-order valence-electron chi connectivity index (χ2n) is 4.91. The van der Waals surface area contributed by atoms with E-state index in [0.717, 1.165) is 24.0 Å². The quantitative estimate of drug-likeness (QED) is 0.797. The molecule has 1 aliphatic heterocycles. The number of aliphatic hydroxyl groups excluding tert-OH is 1. The molecule has 1 aromatic carbocycles. The molecule has 20 heavy (non-hydrogen) atoms. The van der Waals surface area contributed by atoms with E-state index < -0.39 is 0 Å². The molecule has 0 unspecified atom stereocenters. The van der Waals surface area contributed by atoms with Gasteiger partial charge in [-0.25, -0.2) is 0 Å². The first-order valence-electron chi connectivity index (χ1n) is 6.79. The lowest BCUT2D eigenvalue weighted by Gasteiger charge is -2.23. The van der Waals surface area contributed by atoms with Crippen molar-refractivity contribution in [2.24, 2.45) is 0 Å². The third-order valence-corrected chi connectivity index (χ3v) is 3.21. The third kappa shape index (κ3) is 4.09. The van der Waals surface area contributed by atoms with E-state index >= 15 is 0 Å². The number of benzene rings is 1. The molecule has 1 amide bonds. The highest BCUT2D eigenvalue weighted by Gasteiger charge is 2.17. The molecule has 1 fully saturated rings. The van der Waals surface area contributed by atoms with Crippen LogP contribution in [0.3, 0.4) is 0 Å². The molecule has 2 rings (SSSR count). The lowest BCUT2D eigenvalue weighted by atomic mass is 10.0. The van der Waals surface area contributed by atoms with E-state index in [-0.39, 0.29) is 18.6 Å². The number of nitrogens with one attached hydrogen (secondary N) is 1. The Morgan fingerprint density at radius 2 is 2.15 bits per heavy atom. The summed E-state index contributed by atoms with van der Waals surface area (Å²) in [5.41, 5.74) is 2.33. The molecule has 1 aliphatic rings. The first-order valence-corrected chi connectivity index (χ1v) is 6.79. The molecule has 0 aliphatic carbocycles. The number of aliphatic hydroxyl groups is 1. The van der Waals surface area contributed by atoms with Crippen molar-refractivity contribution in [3.8, 4) is 11.8 Å². The van der Waals surface area contributed by atoms with Gasteiger partial charge in [0.15, 0.2) is 0 Å². The Bertz CT molecular complexity index is 536. The van der Waals surface area contributed by atoms with Crippen molar-refractivity contribution in [1.82, 2.24) is 5.32 Å². The van der Waals surface area contributed by atoms with Crippen LogP contribution in [-0.4, -0.2) is 36.9 Å². The maximum Gasteiger partial charge on any atom is 0.251 e. The predicted octanol–water partition coefficient (Wildman–Crippen LogP) is 1.25. The van der Waals surface area contributed by atoms with E-state index in [0.29, 0.717) is 18.8 Å². The summed E-state index contributed by atoms with van der Waals surface area (Å²) < 4.78 is 5.28. The minimum atomic E-state index is -0.183. The second kappa shape index (κ2) is 7.09. The van der Waals surface area contributed by atoms with Crippen molar-refractivity contribution in [3.05, 3.63) is 34.9 Å². The lowest BCUT2D eigenvalue weighted by molar-refractivity contribution is 0.0696. The Kier molecular flexibility index (Phi) is 5.16. The van der Waals surface area contributed by atoms with E-state index in [2.05, 4.69) is 17.2 Å².